The lowest BCUT2D eigenvalue weighted by molar-refractivity contribution is -0.233. The van der Waals surface area contributed by atoms with Crippen LogP contribution in [0.25, 0.3) is 0 Å². The van der Waals surface area contributed by atoms with Crippen LogP contribution in [0.3, 0.4) is 0 Å². The third kappa shape index (κ3) is 5.33. The van der Waals surface area contributed by atoms with Crippen molar-refractivity contribution in [3.05, 3.63) is 0 Å². The Labute approximate surface area is 120 Å². The minimum Gasteiger partial charge on any atom is -0.462 e. The molecule has 2 nitrogen and oxygen atoms in total. The molecule has 0 aliphatic rings. The summed E-state index contributed by atoms with van der Waals surface area (Å²) in [4.78, 5) is 12.0. The van der Waals surface area contributed by atoms with Crippen molar-refractivity contribution in [3.8, 4) is 0 Å². The van der Waals surface area contributed by atoms with Crippen LogP contribution >= 0.6 is 0 Å². The fourth-order valence-electron chi connectivity index (χ4n) is 1.99. The molecule has 20 heavy (non-hydrogen) atoms. The first kappa shape index (κ1) is 19.3. The fraction of sp³-hybridized carbons (Fsp3) is 0.933. The van der Waals surface area contributed by atoms with E-state index in [1.165, 1.54) is 6.92 Å². The van der Waals surface area contributed by atoms with E-state index in [1.807, 2.05) is 27.7 Å². The van der Waals surface area contributed by atoms with E-state index in [2.05, 4.69) is 0 Å². The second-order valence-corrected chi connectivity index (χ2v) is 6.47. The summed E-state index contributed by atoms with van der Waals surface area (Å²) in [5.74, 6) is -0.616. The highest BCUT2D eigenvalue weighted by Gasteiger charge is 2.56. The van der Waals surface area contributed by atoms with Crippen molar-refractivity contribution in [2.75, 3.05) is 0 Å². The first-order chi connectivity index (χ1) is 8.94. The van der Waals surface area contributed by atoms with Crippen molar-refractivity contribution >= 4 is 5.97 Å². The maximum absolute atomic E-state index is 13.0. The topological polar surface area (TPSA) is 26.3 Å². The van der Waals surface area contributed by atoms with Crippen LogP contribution in [0.4, 0.5) is 13.2 Å². The molecule has 0 aliphatic heterocycles. The Bertz CT molecular complexity index is 301. The van der Waals surface area contributed by atoms with Crippen molar-refractivity contribution in [2.24, 2.45) is 17.3 Å². The summed E-state index contributed by atoms with van der Waals surface area (Å²) in [6.07, 6.45) is -4.18. The zero-order chi connectivity index (χ0) is 16.1. The number of halogens is 3. The molecule has 0 aromatic carbocycles. The fourth-order valence-corrected chi connectivity index (χ4v) is 1.99. The molecule has 1 atom stereocenters. The minimum atomic E-state index is -4.58. The van der Waals surface area contributed by atoms with Gasteiger partial charge in [-0.05, 0) is 38.0 Å². The molecular weight excluding hydrogens is 269 g/mol. The van der Waals surface area contributed by atoms with E-state index in [9.17, 15) is 18.0 Å². The molecule has 1 unspecified atom stereocenters. The second-order valence-electron chi connectivity index (χ2n) is 6.47. The molecule has 0 amide bonds. The highest BCUT2D eigenvalue weighted by atomic mass is 19.4. The number of hydrogen-bond acceptors (Lipinski definition) is 2. The summed E-state index contributed by atoms with van der Waals surface area (Å²) in [6.45, 7) is 10.1. The number of ether oxygens (including phenoxy) is 1. The van der Waals surface area contributed by atoms with Gasteiger partial charge in [0.25, 0.3) is 0 Å². The van der Waals surface area contributed by atoms with Crippen LogP contribution in [0.5, 0.6) is 0 Å². The monoisotopic (exact) mass is 296 g/mol. The van der Waals surface area contributed by atoms with Gasteiger partial charge in [0.05, 0.1) is 0 Å². The van der Waals surface area contributed by atoms with Crippen LogP contribution in [0.2, 0.25) is 0 Å². The summed E-state index contributed by atoms with van der Waals surface area (Å²) in [7, 11) is 0. The van der Waals surface area contributed by atoms with E-state index < -0.39 is 23.7 Å². The van der Waals surface area contributed by atoms with Crippen molar-refractivity contribution in [2.45, 2.75) is 73.1 Å². The maximum atomic E-state index is 13.0. The predicted octanol–water partition coefficient (Wildman–Crippen LogP) is 4.97. The molecule has 0 N–H and O–H groups in total. The lowest BCUT2D eigenvalue weighted by Crippen LogP contribution is -2.44. The zero-order valence-corrected chi connectivity index (χ0v) is 13.3. The smallest absolute Gasteiger partial charge is 0.404 e. The Morgan fingerprint density at radius 1 is 1.05 bits per heavy atom. The maximum Gasteiger partial charge on any atom is 0.404 e. The Morgan fingerprint density at radius 3 is 1.70 bits per heavy atom. The molecule has 0 saturated heterocycles. The summed E-state index contributed by atoms with van der Waals surface area (Å²) >= 11 is 0. The zero-order valence-electron chi connectivity index (χ0n) is 13.3. The van der Waals surface area contributed by atoms with Crippen LogP contribution in [0.15, 0.2) is 0 Å². The molecule has 0 rings (SSSR count). The van der Waals surface area contributed by atoms with Crippen molar-refractivity contribution < 1.29 is 22.7 Å². The van der Waals surface area contributed by atoms with Gasteiger partial charge in [-0.25, -0.2) is 0 Å². The summed E-state index contributed by atoms with van der Waals surface area (Å²) < 4.78 is 44.3. The Kier molecular flexibility index (Phi) is 7.05. The van der Waals surface area contributed by atoms with Gasteiger partial charge in [0.2, 0.25) is 0 Å². The molecule has 0 bridgehead atoms. The van der Waals surface area contributed by atoms with Crippen LogP contribution in [-0.2, 0) is 9.53 Å². The van der Waals surface area contributed by atoms with Gasteiger partial charge in [-0.1, -0.05) is 34.6 Å². The van der Waals surface area contributed by atoms with E-state index in [0.29, 0.717) is 12.8 Å². The molecule has 0 spiro atoms. The highest BCUT2D eigenvalue weighted by molar-refractivity contribution is 5.77. The quantitative estimate of drug-likeness (QED) is 0.620. The minimum absolute atomic E-state index is 0.269. The Morgan fingerprint density at radius 2 is 1.45 bits per heavy atom. The van der Waals surface area contributed by atoms with Crippen LogP contribution in [0, 0.1) is 17.3 Å². The van der Waals surface area contributed by atoms with Gasteiger partial charge >= 0.3 is 12.1 Å². The lowest BCUT2D eigenvalue weighted by atomic mass is 9.86. The second kappa shape index (κ2) is 7.32. The number of esters is 1. The van der Waals surface area contributed by atoms with Crippen molar-refractivity contribution in [1.82, 2.24) is 0 Å². The van der Waals surface area contributed by atoms with Gasteiger partial charge in [-0.3, -0.25) is 4.79 Å². The average molecular weight is 296 g/mol. The third-order valence-electron chi connectivity index (χ3n) is 3.53. The first-order valence-corrected chi connectivity index (χ1v) is 7.21. The summed E-state index contributed by atoms with van der Waals surface area (Å²) in [5.41, 5.74) is -2.42. The van der Waals surface area contributed by atoms with Gasteiger partial charge in [0.1, 0.15) is 6.10 Å². The Hall–Kier alpha value is -0.740. The van der Waals surface area contributed by atoms with Crippen molar-refractivity contribution in [3.63, 3.8) is 0 Å². The molecule has 5 heteroatoms. The third-order valence-corrected chi connectivity index (χ3v) is 3.53. The summed E-state index contributed by atoms with van der Waals surface area (Å²) in [6, 6.07) is 0. The van der Waals surface area contributed by atoms with E-state index in [0.717, 1.165) is 6.92 Å². The largest absolute Gasteiger partial charge is 0.462 e. The van der Waals surface area contributed by atoms with Gasteiger partial charge < -0.3 is 4.74 Å². The molecule has 0 radical (unpaired) electrons. The van der Waals surface area contributed by atoms with Crippen LogP contribution in [-0.4, -0.2) is 18.2 Å². The molecule has 0 aromatic rings. The van der Waals surface area contributed by atoms with Gasteiger partial charge in [0.15, 0.2) is 5.41 Å². The molecule has 120 valence electrons. The highest BCUT2D eigenvalue weighted by Crippen LogP contribution is 2.42. The predicted molar refractivity (Wildman–Crippen MR) is 73.2 cm³/mol. The SMILES string of the molecule is CCC(C)(C(=O)OC(CC(C)C)CC(C)C)C(F)(F)F. The van der Waals surface area contributed by atoms with E-state index in [4.69, 9.17) is 4.74 Å². The van der Waals surface area contributed by atoms with Crippen LogP contribution in [0.1, 0.15) is 60.8 Å². The number of carbonyl (C=O) groups is 1. The summed E-state index contributed by atoms with van der Waals surface area (Å²) in [5, 5.41) is 0. The van der Waals surface area contributed by atoms with E-state index >= 15 is 0 Å². The molecule has 0 saturated carbocycles. The lowest BCUT2D eigenvalue weighted by Gasteiger charge is -2.31. The van der Waals surface area contributed by atoms with E-state index in [-0.39, 0.29) is 18.3 Å². The normalized spacial score (nSPS) is 15.8. The molecule has 0 aromatic heterocycles. The van der Waals surface area contributed by atoms with Gasteiger partial charge in [-0.15, -0.1) is 0 Å². The molecule has 0 aliphatic carbocycles. The molecule has 0 fully saturated rings. The number of carbonyl (C=O) groups excluding carboxylic acids is 1. The first-order valence-electron chi connectivity index (χ1n) is 7.21. The van der Waals surface area contributed by atoms with Gasteiger partial charge in [0, 0.05) is 0 Å². The number of hydrogen-bond donors (Lipinski definition) is 0. The van der Waals surface area contributed by atoms with Gasteiger partial charge in [-0.2, -0.15) is 13.2 Å². The van der Waals surface area contributed by atoms with Crippen LogP contribution < -0.4 is 0 Å². The Balaban J connectivity index is 4.97. The van der Waals surface area contributed by atoms with E-state index in [1.54, 1.807) is 0 Å². The number of alkyl halides is 3. The standard InChI is InChI=1S/C15H27F3O2/c1-7-14(6,15(16,17)18)13(19)20-12(8-10(2)3)9-11(4)5/h10-12H,7-9H2,1-6H3. The van der Waals surface area contributed by atoms with Crippen molar-refractivity contribution in [1.29, 1.82) is 0 Å². The number of rotatable bonds is 7. The average Bonchev–Trinajstić information content (AvgIpc) is 2.23. The molecule has 0 heterocycles. The molecular formula is C15H27F3O2.